The molecule has 0 spiro atoms. The molecular formula is C40H59NO10S. The number of cyclic esters (lactones) is 1. The standard InChI is InChI=1S/C40H59NO10S/c1-9-29-17-23(2)16-24(3)18-33(48-7)36-34(49-8)20-26(5)40(47,51-36)37(44)38(45)41-14-11-10-12-30(41)39(46)50-35(27(6)31(42)21-32(29)43)25(4)19-28-13-15-52-22-28/h13,15,17,19,22,24,26-27,29-31,33-36,42,47H,9-12,14,16,18,20-21H2,1-8H3/b23-17+,25-19+/t24-,26+,27+,29+,30-,31-,33-,34-,35-,36+,40+/m0/s1. The molecule has 12 heteroatoms. The van der Waals surface area contributed by atoms with Crippen LogP contribution in [-0.2, 0) is 38.1 Å². The van der Waals surface area contributed by atoms with Gasteiger partial charge in [-0.1, -0.05) is 45.4 Å². The highest BCUT2D eigenvalue weighted by Crippen LogP contribution is 2.39. The van der Waals surface area contributed by atoms with Gasteiger partial charge in [0.05, 0.1) is 18.3 Å². The molecule has 0 aromatic carbocycles. The van der Waals surface area contributed by atoms with E-state index in [2.05, 4.69) is 6.92 Å². The fourth-order valence-corrected chi connectivity index (χ4v) is 8.70. The molecule has 2 fully saturated rings. The number of fused-ring (bicyclic) bond motifs is 3. The van der Waals surface area contributed by atoms with Crippen LogP contribution in [0.3, 0.4) is 0 Å². The Balaban J connectivity index is 1.77. The van der Waals surface area contributed by atoms with Gasteiger partial charge in [-0.3, -0.25) is 14.4 Å². The number of hydrogen-bond donors (Lipinski definition) is 2. The van der Waals surface area contributed by atoms with Crippen molar-refractivity contribution in [3.05, 3.63) is 39.6 Å². The van der Waals surface area contributed by atoms with Crippen LogP contribution in [0, 0.1) is 23.7 Å². The van der Waals surface area contributed by atoms with Crippen LogP contribution in [0.25, 0.3) is 6.08 Å². The number of ketones is 2. The van der Waals surface area contributed by atoms with Crippen molar-refractivity contribution in [2.75, 3.05) is 20.8 Å². The Morgan fingerprint density at radius 1 is 1.08 bits per heavy atom. The smallest absolute Gasteiger partial charge is 0.329 e. The summed E-state index contributed by atoms with van der Waals surface area (Å²) in [5.41, 5.74) is 2.57. The number of allylic oxidation sites excluding steroid dienone is 2. The van der Waals surface area contributed by atoms with E-state index in [9.17, 15) is 29.4 Å². The topological polar surface area (TPSA) is 149 Å². The van der Waals surface area contributed by atoms with Gasteiger partial charge in [0, 0.05) is 44.9 Å². The Kier molecular flexibility index (Phi) is 15.0. The molecule has 4 rings (SSSR count). The minimum Gasteiger partial charge on any atom is -0.456 e. The lowest BCUT2D eigenvalue weighted by molar-refractivity contribution is -0.302. The van der Waals surface area contributed by atoms with Gasteiger partial charge >= 0.3 is 5.97 Å². The first-order chi connectivity index (χ1) is 24.6. The molecule has 0 aliphatic carbocycles. The van der Waals surface area contributed by atoms with Gasteiger partial charge in [0.15, 0.2) is 0 Å². The third kappa shape index (κ3) is 9.67. The number of piperidine rings is 1. The van der Waals surface area contributed by atoms with Crippen molar-refractivity contribution in [2.45, 2.75) is 135 Å². The first kappa shape index (κ1) is 42.0. The summed E-state index contributed by atoms with van der Waals surface area (Å²) < 4.78 is 24.1. The van der Waals surface area contributed by atoms with Crippen molar-refractivity contribution in [1.29, 1.82) is 0 Å². The van der Waals surface area contributed by atoms with E-state index < -0.39 is 77.8 Å². The van der Waals surface area contributed by atoms with Crippen molar-refractivity contribution in [3.8, 4) is 0 Å². The molecule has 3 aliphatic heterocycles. The molecule has 0 saturated carbocycles. The van der Waals surface area contributed by atoms with E-state index in [1.165, 1.54) is 30.5 Å². The Bertz CT molecular complexity index is 1460. The summed E-state index contributed by atoms with van der Waals surface area (Å²) in [5, 5.41) is 27.3. The Hall–Kier alpha value is -2.74. The molecular weight excluding hydrogens is 687 g/mol. The first-order valence-electron chi connectivity index (χ1n) is 18.7. The third-order valence-electron chi connectivity index (χ3n) is 11.2. The molecule has 52 heavy (non-hydrogen) atoms. The van der Waals surface area contributed by atoms with Gasteiger partial charge in [0.25, 0.3) is 11.7 Å². The maximum atomic E-state index is 14.1. The zero-order valence-electron chi connectivity index (χ0n) is 32.0. The van der Waals surface area contributed by atoms with E-state index >= 15 is 0 Å². The number of aliphatic hydroxyl groups is 2. The summed E-state index contributed by atoms with van der Waals surface area (Å²) in [7, 11) is 3.07. The Morgan fingerprint density at radius 2 is 1.77 bits per heavy atom. The van der Waals surface area contributed by atoms with Crippen LogP contribution in [-0.4, -0.2) is 102 Å². The summed E-state index contributed by atoms with van der Waals surface area (Å²) in [6.07, 6.45) is 3.03. The third-order valence-corrected chi connectivity index (χ3v) is 11.9. The fourth-order valence-electron chi connectivity index (χ4n) is 8.08. The van der Waals surface area contributed by atoms with Crippen LogP contribution < -0.4 is 0 Å². The zero-order chi connectivity index (χ0) is 38.3. The van der Waals surface area contributed by atoms with Gasteiger partial charge in [-0.15, -0.1) is 0 Å². The lowest BCUT2D eigenvalue weighted by Crippen LogP contribution is -2.64. The second-order valence-corrected chi connectivity index (χ2v) is 16.1. The van der Waals surface area contributed by atoms with E-state index in [1.54, 1.807) is 13.8 Å². The molecule has 1 aromatic heterocycles. The average molecular weight is 746 g/mol. The van der Waals surface area contributed by atoms with Crippen LogP contribution in [0.1, 0.15) is 98.5 Å². The molecule has 1 amide bonds. The van der Waals surface area contributed by atoms with Crippen LogP contribution in [0.15, 0.2) is 34.0 Å². The summed E-state index contributed by atoms with van der Waals surface area (Å²) in [5.74, 6) is -7.31. The molecule has 2 bridgehead atoms. The molecule has 11 atom stereocenters. The maximum Gasteiger partial charge on any atom is 0.329 e. The number of Topliss-reactive ketones (excluding diaryl/α,β-unsaturated/α-hetero) is 2. The number of aliphatic hydroxyl groups excluding tert-OH is 1. The van der Waals surface area contributed by atoms with Crippen LogP contribution >= 0.6 is 11.3 Å². The highest BCUT2D eigenvalue weighted by atomic mass is 32.1. The van der Waals surface area contributed by atoms with E-state index in [1.807, 2.05) is 49.7 Å². The predicted molar refractivity (Wildman–Crippen MR) is 198 cm³/mol. The van der Waals surface area contributed by atoms with E-state index in [4.69, 9.17) is 18.9 Å². The number of rotatable bonds is 5. The highest BCUT2D eigenvalue weighted by Gasteiger charge is 2.56. The molecule has 290 valence electrons. The van der Waals surface area contributed by atoms with Crippen molar-refractivity contribution in [3.63, 3.8) is 0 Å². The first-order valence-corrected chi connectivity index (χ1v) is 19.7. The molecule has 1 aromatic rings. The van der Waals surface area contributed by atoms with E-state index in [0.29, 0.717) is 37.7 Å². The molecule has 2 N–H and O–H groups in total. The van der Waals surface area contributed by atoms with E-state index in [0.717, 1.165) is 11.1 Å². The number of thiophene rings is 1. The number of carbonyl (C=O) groups excluding carboxylic acids is 4. The minimum absolute atomic E-state index is 0.0513. The summed E-state index contributed by atoms with van der Waals surface area (Å²) in [6, 6.07) is 0.827. The molecule has 11 nitrogen and oxygen atoms in total. The van der Waals surface area contributed by atoms with Crippen molar-refractivity contribution < 1.29 is 48.3 Å². The number of carbonyl (C=O) groups is 4. The number of amides is 1. The summed E-state index contributed by atoms with van der Waals surface area (Å²) in [6.45, 7) is 11.3. The van der Waals surface area contributed by atoms with Crippen LogP contribution in [0.4, 0.5) is 0 Å². The molecule has 3 aliphatic rings. The molecule has 0 unspecified atom stereocenters. The fraction of sp³-hybridized carbons (Fsp3) is 0.700. The Morgan fingerprint density at radius 3 is 2.40 bits per heavy atom. The second-order valence-electron chi connectivity index (χ2n) is 15.3. The quantitative estimate of drug-likeness (QED) is 0.224. The summed E-state index contributed by atoms with van der Waals surface area (Å²) in [4.78, 5) is 57.2. The summed E-state index contributed by atoms with van der Waals surface area (Å²) >= 11 is 1.52. The number of ether oxygens (including phenoxy) is 4. The molecule has 4 heterocycles. The van der Waals surface area contributed by atoms with Crippen LogP contribution in [0.5, 0.6) is 0 Å². The van der Waals surface area contributed by atoms with Gasteiger partial charge in [0.1, 0.15) is 24.0 Å². The number of methoxy groups -OCH3 is 2. The monoisotopic (exact) mass is 745 g/mol. The van der Waals surface area contributed by atoms with Gasteiger partial charge in [-0.2, -0.15) is 11.3 Å². The Labute approximate surface area is 312 Å². The van der Waals surface area contributed by atoms with E-state index in [-0.39, 0.29) is 37.5 Å². The minimum atomic E-state index is -2.48. The van der Waals surface area contributed by atoms with Gasteiger partial charge in [-0.05, 0) is 92.7 Å². The van der Waals surface area contributed by atoms with Gasteiger partial charge < -0.3 is 34.1 Å². The van der Waals surface area contributed by atoms with Crippen molar-refractivity contribution >= 4 is 40.9 Å². The number of hydrogen-bond acceptors (Lipinski definition) is 11. The normalized spacial score (nSPS) is 37.8. The maximum absolute atomic E-state index is 14.1. The van der Waals surface area contributed by atoms with Gasteiger partial charge in [0.2, 0.25) is 5.79 Å². The number of esters is 1. The number of nitrogens with zero attached hydrogens (tertiary/aromatic N) is 1. The lowest BCUT2D eigenvalue weighted by Gasteiger charge is -2.47. The average Bonchev–Trinajstić information content (AvgIpc) is 3.64. The van der Waals surface area contributed by atoms with Crippen LogP contribution in [0.2, 0.25) is 0 Å². The van der Waals surface area contributed by atoms with Gasteiger partial charge in [-0.25, -0.2) is 4.79 Å². The molecule has 2 saturated heterocycles. The zero-order valence-corrected chi connectivity index (χ0v) is 32.9. The SMILES string of the molecule is CC[C@@H]1/C=C(\C)C[C@H](C)C[C@H](OC)[C@H]2O[C@@](O)(C(=O)C(=O)N3CCCC[C@H]3C(=O)O[C@@H](/C(C)=C/c3ccsc3)[C@H](C)[C@@H](O)CC1=O)[C@H](C)C[C@@H]2OC. The lowest BCUT2D eigenvalue weighted by atomic mass is 9.82. The highest BCUT2D eigenvalue weighted by molar-refractivity contribution is 7.08. The van der Waals surface area contributed by atoms with Crippen molar-refractivity contribution in [1.82, 2.24) is 4.90 Å². The predicted octanol–water partition coefficient (Wildman–Crippen LogP) is 5.52. The molecule has 0 radical (unpaired) electrons. The second kappa shape index (κ2) is 18.5. The van der Waals surface area contributed by atoms with Crippen molar-refractivity contribution in [2.24, 2.45) is 23.7 Å². The largest absolute Gasteiger partial charge is 0.456 e.